The van der Waals surface area contributed by atoms with Crippen molar-refractivity contribution in [2.75, 3.05) is 47.4 Å². The van der Waals surface area contributed by atoms with Crippen molar-refractivity contribution >= 4 is 35.8 Å². The van der Waals surface area contributed by atoms with E-state index in [2.05, 4.69) is 20.3 Å². The summed E-state index contributed by atoms with van der Waals surface area (Å²) in [5, 5.41) is 7.65. The highest BCUT2D eigenvalue weighted by Crippen LogP contribution is 2.21. The lowest BCUT2D eigenvalue weighted by atomic mass is 10.1. The summed E-state index contributed by atoms with van der Waals surface area (Å²) in [7, 11) is 7.10. The van der Waals surface area contributed by atoms with Crippen LogP contribution in [0.15, 0.2) is 41.7 Å². The van der Waals surface area contributed by atoms with Crippen LogP contribution in [0.5, 0.6) is 5.75 Å². The molecule has 0 radical (unpaired) electrons. The minimum atomic E-state index is -0.0746. The molecule has 10 heteroatoms. The molecular weight excluding hydrogens is 511 g/mol. The van der Waals surface area contributed by atoms with Crippen LogP contribution in [0.1, 0.15) is 17.2 Å². The number of nitrogens with one attached hydrogen (secondary N) is 1. The van der Waals surface area contributed by atoms with Crippen molar-refractivity contribution in [1.82, 2.24) is 24.9 Å². The van der Waals surface area contributed by atoms with E-state index in [-0.39, 0.29) is 42.6 Å². The smallest absolute Gasteiger partial charge is 0.259 e. The van der Waals surface area contributed by atoms with E-state index in [1.807, 2.05) is 43.7 Å². The van der Waals surface area contributed by atoms with Crippen LogP contribution < -0.4 is 10.1 Å². The first-order chi connectivity index (χ1) is 14.5. The molecule has 1 fully saturated rings. The van der Waals surface area contributed by atoms with Crippen LogP contribution in [0.3, 0.4) is 0 Å². The van der Waals surface area contributed by atoms with E-state index in [0.29, 0.717) is 25.4 Å². The van der Waals surface area contributed by atoms with Gasteiger partial charge in [0.1, 0.15) is 11.9 Å². The van der Waals surface area contributed by atoms with E-state index in [1.165, 1.54) is 4.90 Å². The molecule has 2 aromatic rings. The first-order valence-corrected chi connectivity index (χ1v) is 9.94. The number of hydrogen-bond donors (Lipinski definition) is 1. The molecule has 1 aliphatic rings. The van der Waals surface area contributed by atoms with Gasteiger partial charge in [0.05, 0.1) is 19.3 Å². The summed E-state index contributed by atoms with van der Waals surface area (Å²) in [4.78, 5) is 19.8. The topological polar surface area (TPSA) is 84.2 Å². The second kappa shape index (κ2) is 11.9. The number of ether oxygens (including phenoxy) is 2. The van der Waals surface area contributed by atoms with E-state index in [4.69, 9.17) is 9.47 Å². The average Bonchev–Trinajstić information content (AvgIpc) is 3.19. The lowest BCUT2D eigenvalue weighted by molar-refractivity contribution is -0.130. The standard InChI is InChI=1S/C21H30N6O3.HI/c1-22-21(27-8-9-29-19(14-27)17-12-24-26(4)13-17)23-11-16-6-5-7-18(10-16)30-15-20(28)25(2)3;/h5-7,10,12-13,19H,8-9,11,14-15H2,1-4H3,(H,22,23);1H. The number of carbonyl (C=O) groups is 1. The van der Waals surface area contributed by atoms with Gasteiger partial charge in [-0.05, 0) is 17.7 Å². The number of aryl methyl sites for hydroxylation is 1. The van der Waals surface area contributed by atoms with Crippen LogP contribution in [-0.2, 0) is 23.1 Å². The van der Waals surface area contributed by atoms with Gasteiger partial charge in [-0.1, -0.05) is 12.1 Å². The summed E-state index contributed by atoms with van der Waals surface area (Å²) in [6, 6.07) is 7.71. The van der Waals surface area contributed by atoms with E-state index >= 15 is 0 Å². The Balaban J connectivity index is 0.00000341. The highest BCUT2D eigenvalue weighted by molar-refractivity contribution is 14.0. The molecule has 1 saturated heterocycles. The molecule has 0 saturated carbocycles. The second-order valence-corrected chi connectivity index (χ2v) is 7.38. The predicted molar refractivity (Wildman–Crippen MR) is 130 cm³/mol. The number of amides is 1. The molecule has 1 unspecified atom stereocenters. The molecule has 0 spiro atoms. The van der Waals surface area contributed by atoms with E-state index < -0.39 is 0 Å². The van der Waals surface area contributed by atoms with Crippen molar-refractivity contribution in [3.8, 4) is 5.75 Å². The Hall–Kier alpha value is -2.34. The van der Waals surface area contributed by atoms with Gasteiger partial charge >= 0.3 is 0 Å². The maximum absolute atomic E-state index is 11.7. The Bertz CT molecular complexity index is 886. The van der Waals surface area contributed by atoms with Gasteiger partial charge < -0.3 is 24.6 Å². The molecular formula is C21H31IN6O3. The minimum absolute atomic E-state index is 0. The number of nitrogens with zero attached hydrogens (tertiary/aromatic N) is 5. The Kier molecular flexibility index (Phi) is 9.56. The molecule has 1 N–H and O–H groups in total. The highest BCUT2D eigenvalue weighted by Gasteiger charge is 2.25. The molecule has 3 rings (SSSR count). The molecule has 170 valence electrons. The molecule has 31 heavy (non-hydrogen) atoms. The molecule has 0 bridgehead atoms. The largest absolute Gasteiger partial charge is 0.484 e. The molecule has 1 aromatic heterocycles. The van der Waals surface area contributed by atoms with Gasteiger partial charge in [-0.25, -0.2) is 0 Å². The van der Waals surface area contributed by atoms with Crippen LogP contribution in [0.25, 0.3) is 0 Å². The number of halogens is 1. The van der Waals surface area contributed by atoms with Gasteiger partial charge in [0.25, 0.3) is 5.91 Å². The first kappa shape index (κ1) is 24.9. The fraction of sp³-hybridized carbons (Fsp3) is 0.476. The van der Waals surface area contributed by atoms with Gasteiger partial charge in [-0.2, -0.15) is 5.10 Å². The maximum Gasteiger partial charge on any atom is 0.259 e. The lowest BCUT2D eigenvalue weighted by Crippen LogP contribution is -2.47. The van der Waals surface area contributed by atoms with Crippen molar-refractivity contribution in [2.24, 2.45) is 12.0 Å². The third-order valence-electron chi connectivity index (χ3n) is 4.88. The summed E-state index contributed by atoms with van der Waals surface area (Å²) in [5.41, 5.74) is 2.11. The number of aliphatic imine (C=N–C) groups is 1. The SMILES string of the molecule is CN=C(NCc1cccc(OCC(=O)N(C)C)c1)N1CCOC(c2cnn(C)c2)C1.I. The molecule has 0 aliphatic carbocycles. The normalized spacial score (nSPS) is 16.5. The number of benzene rings is 1. The minimum Gasteiger partial charge on any atom is -0.484 e. The monoisotopic (exact) mass is 542 g/mol. The summed E-state index contributed by atoms with van der Waals surface area (Å²) in [6.07, 6.45) is 3.80. The quantitative estimate of drug-likeness (QED) is 0.340. The van der Waals surface area contributed by atoms with Gasteiger partial charge in [-0.3, -0.25) is 14.5 Å². The number of aromatic nitrogens is 2. The number of carbonyl (C=O) groups excluding carboxylic acids is 1. The van der Waals surface area contributed by atoms with Gasteiger partial charge in [0, 0.05) is 53.0 Å². The third kappa shape index (κ3) is 7.10. The van der Waals surface area contributed by atoms with Crippen LogP contribution in [-0.4, -0.2) is 78.9 Å². The zero-order chi connectivity index (χ0) is 21.5. The van der Waals surface area contributed by atoms with Crippen molar-refractivity contribution in [3.05, 3.63) is 47.8 Å². The fourth-order valence-corrected chi connectivity index (χ4v) is 3.18. The van der Waals surface area contributed by atoms with E-state index in [0.717, 1.165) is 23.6 Å². The number of likely N-dealkylation sites (N-methyl/N-ethyl adjacent to an activating group) is 1. The summed E-state index contributed by atoms with van der Waals surface area (Å²) in [6.45, 7) is 2.73. The van der Waals surface area contributed by atoms with E-state index in [1.54, 1.807) is 25.8 Å². The van der Waals surface area contributed by atoms with Crippen molar-refractivity contribution < 1.29 is 14.3 Å². The maximum atomic E-state index is 11.7. The predicted octanol–water partition coefficient (Wildman–Crippen LogP) is 1.65. The third-order valence-corrected chi connectivity index (χ3v) is 4.88. The zero-order valence-corrected chi connectivity index (χ0v) is 20.8. The lowest BCUT2D eigenvalue weighted by Gasteiger charge is -2.34. The van der Waals surface area contributed by atoms with Gasteiger partial charge in [-0.15, -0.1) is 24.0 Å². The molecule has 9 nitrogen and oxygen atoms in total. The number of rotatable bonds is 6. The van der Waals surface area contributed by atoms with Crippen LogP contribution in [0.4, 0.5) is 0 Å². The van der Waals surface area contributed by atoms with Crippen LogP contribution in [0.2, 0.25) is 0 Å². The van der Waals surface area contributed by atoms with Gasteiger partial charge in [0.2, 0.25) is 0 Å². The fourth-order valence-electron chi connectivity index (χ4n) is 3.18. The summed E-state index contributed by atoms with van der Waals surface area (Å²) < 4.78 is 13.3. The molecule has 1 atom stereocenters. The molecule has 2 heterocycles. The van der Waals surface area contributed by atoms with Crippen molar-refractivity contribution in [1.29, 1.82) is 0 Å². The summed E-state index contributed by atoms with van der Waals surface area (Å²) >= 11 is 0. The van der Waals surface area contributed by atoms with Gasteiger partial charge in [0.15, 0.2) is 12.6 Å². The average molecular weight is 542 g/mol. The van der Waals surface area contributed by atoms with Crippen LogP contribution >= 0.6 is 24.0 Å². The Morgan fingerprint density at radius 3 is 2.90 bits per heavy atom. The number of morpholine rings is 1. The van der Waals surface area contributed by atoms with Crippen molar-refractivity contribution in [3.63, 3.8) is 0 Å². The van der Waals surface area contributed by atoms with Crippen LogP contribution in [0, 0.1) is 0 Å². The number of hydrogen-bond acceptors (Lipinski definition) is 5. The Morgan fingerprint density at radius 1 is 1.42 bits per heavy atom. The zero-order valence-electron chi connectivity index (χ0n) is 18.4. The first-order valence-electron chi connectivity index (χ1n) is 9.94. The molecule has 1 aromatic carbocycles. The van der Waals surface area contributed by atoms with E-state index in [9.17, 15) is 4.79 Å². The second-order valence-electron chi connectivity index (χ2n) is 7.38. The summed E-state index contributed by atoms with van der Waals surface area (Å²) in [5.74, 6) is 1.42. The van der Waals surface area contributed by atoms with Crippen molar-refractivity contribution in [2.45, 2.75) is 12.6 Å². The molecule has 1 aliphatic heterocycles. The Labute approximate surface area is 200 Å². The Morgan fingerprint density at radius 2 is 2.23 bits per heavy atom. The molecule has 1 amide bonds. The number of guanidine groups is 1. The highest BCUT2D eigenvalue weighted by atomic mass is 127.